The van der Waals surface area contributed by atoms with Crippen LogP contribution in [0.25, 0.3) is 6.08 Å². The molecule has 0 radical (unpaired) electrons. The SMILES string of the molecule is CC(=O)OC1(C(=O)O)C=CC(C=Cc2ccccc2)=C(Cl)C1. The first kappa shape index (κ1) is 16.0. The second-order valence-electron chi connectivity index (χ2n) is 4.90. The zero-order valence-corrected chi connectivity index (χ0v) is 12.7. The van der Waals surface area contributed by atoms with Crippen LogP contribution in [0.2, 0.25) is 0 Å². The number of benzene rings is 1. The molecule has 1 N–H and O–H groups in total. The zero-order valence-electron chi connectivity index (χ0n) is 12.0. The molecule has 0 bridgehead atoms. The van der Waals surface area contributed by atoms with Crippen molar-refractivity contribution in [3.8, 4) is 0 Å². The molecule has 0 heterocycles. The van der Waals surface area contributed by atoms with Crippen LogP contribution in [-0.4, -0.2) is 22.6 Å². The number of rotatable bonds is 4. The predicted octanol–water partition coefficient (Wildman–Crippen LogP) is 3.54. The summed E-state index contributed by atoms with van der Waals surface area (Å²) in [5, 5.41) is 9.65. The number of aliphatic carboxylic acids is 1. The van der Waals surface area contributed by atoms with Crippen molar-refractivity contribution in [2.45, 2.75) is 18.9 Å². The van der Waals surface area contributed by atoms with E-state index in [1.165, 1.54) is 13.0 Å². The van der Waals surface area contributed by atoms with E-state index in [0.717, 1.165) is 5.56 Å². The van der Waals surface area contributed by atoms with Gasteiger partial charge >= 0.3 is 11.9 Å². The molecule has 0 saturated heterocycles. The van der Waals surface area contributed by atoms with E-state index in [0.29, 0.717) is 10.6 Å². The fourth-order valence-electron chi connectivity index (χ4n) is 2.12. The van der Waals surface area contributed by atoms with Crippen LogP contribution in [0.5, 0.6) is 0 Å². The number of hydrogen-bond donors (Lipinski definition) is 1. The summed E-state index contributed by atoms with van der Waals surface area (Å²) in [6.45, 7) is 1.17. The fourth-order valence-corrected chi connectivity index (χ4v) is 2.44. The lowest BCUT2D eigenvalue weighted by Crippen LogP contribution is -2.42. The van der Waals surface area contributed by atoms with E-state index in [-0.39, 0.29) is 6.42 Å². The summed E-state index contributed by atoms with van der Waals surface area (Å²) >= 11 is 6.18. The monoisotopic (exact) mass is 318 g/mol. The molecule has 0 aromatic heterocycles. The van der Waals surface area contributed by atoms with Gasteiger partial charge in [0.15, 0.2) is 0 Å². The molecular weight excluding hydrogens is 304 g/mol. The van der Waals surface area contributed by atoms with Crippen molar-refractivity contribution in [2.75, 3.05) is 0 Å². The van der Waals surface area contributed by atoms with Gasteiger partial charge in [-0.2, -0.15) is 0 Å². The van der Waals surface area contributed by atoms with E-state index in [9.17, 15) is 14.7 Å². The minimum atomic E-state index is -1.73. The maximum Gasteiger partial charge on any atom is 0.352 e. The van der Waals surface area contributed by atoms with Gasteiger partial charge in [-0.15, -0.1) is 0 Å². The minimum absolute atomic E-state index is 0.0889. The molecule has 1 aromatic carbocycles. The Hall–Kier alpha value is -2.33. The van der Waals surface area contributed by atoms with Crippen LogP contribution >= 0.6 is 11.6 Å². The lowest BCUT2D eigenvalue weighted by molar-refractivity contribution is -0.171. The van der Waals surface area contributed by atoms with E-state index in [2.05, 4.69) is 0 Å². The highest BCUT2D eigenvalue weighted by Gasteiger charge is 2.42. The van der Waals surface area contributed by atoms with Gasteiger partial charge in [0.1, 0.15) is 0 Å². The molecule has 1 unspecified atom stereocenters. The van der Waals surface area contributed by atoms with Gasteiger partial charge in [0.05, 0.1) is 0 Å². The fraction of sp³-hybridized carbons (Fsp3) is 0.176. The summed E-state index contributed by atoms with van der Waals surface area (Å²) in [5.74, 6) is -1.91. The number of esters is 1. The third-order valence-corrected chi connectivity index (χ3v) is 3.56. The smallest absolute Gasteiger partial charge is 0.352 e. The zero-order chi connectivity index (χ0) is 16.2. The second-order valence-corrected chi connectivity index (χ2v) is 5.36. The van der Waals surface area contributed by atoms with E-state index in [1.807, 2.05) is 36.4 Å². The Balaban J connectivity index is 2.22. The lowest BCUT2D eigenvalue weighted by Gasteiger charge is -2.28. The van der Waals surface area contributed by atoms with Crippen LogP contribution in [-0.2, 0) is 14.3 Å². The average Bonchev–Trinajstić information content (AvgIpc) is 2.46. The maximum atomic E-state index is 11.4. The average molecular weight is 319 g/mol. The maximum absolute atomic E-state index is 11.4. The Morgan fingerprint density at radius 1 is 1.27 bits per heavy atom. The summed E-state index contributed by atoms with van der Waals surface area (Å²) in [6.07, 6.45) is 6.50. The van der Waals surface area contributed by atoms with Crippen LogP contribution in [0.15, 0.2) is 59.2 Å². The van der Waals surface area contributed by atoms with E-state index in [1.54, 1.807) is 12.2 Å². The molecule has 1 aliphatic rings. The van der Waals surface area contributed by atoms with Gasteiger partial charge in [-0.25, -0.2) is 4.79 Å². The number of ether oxygens (including phenoxy) is 1. The molecule has 4 nitrogen and oxygen atoms in total. The lowest BCUT2D eigenvalue weighted by atomic mass is 9.91. The molecule has 1 aromatic rings. The molecule has 1 aliphatic carbocycles. The molecule has 0 amide bonds. The summed E-state index contributed by atoms with van der Waals surface area (Å²) in [7, 11) is 0. The van der Waals surface area contributed by atoms with Crippen molar-refractivity contribution in [2.24, 2.45) is 0 Å². The molecule has 1 atom stereocenters. The summed E-state index contributed by atoms with van der Waals surface area (Å²) in [5.41, 5.74) is -0.0371. The first-order valence-corrected chi connectivity index (χ1v) is 7.05. The molecular formula is C17H15ClO4. The van der Waals surface area contributed by atoms with Crippen molar-refractivity contribution in [1.82, 2.24) is 0 Å². The Kier molecular flexibility index (Phi) is 4.83. The number of halogens is 1. The summed E-state index contributed by atoms with van der Waals surface area (Å²) < 4.78 is 4.95. The quantitative estimate of drug-likeness (QED) is 0.862. The Morgan fingerprint density at radius 3 is 2.50 bits per heavy atom. The van der Waals surface area contributed by atoms with Gasteiger partial charge < -0.3 is 9.84 Å². The van der Waals surface area contributed by atoms with Crippen LogP contribution < -0.4 is 0 Å². The van der Waals surface area contributed by atoms with Crippen LogP contribution in [0.4, 0.5) is 0 Å². The van der Waals surface area contributed by atoms with Gasteiger partial charge in [-0.1, -0.05) is 60.2 Å². The van der Waals surface area contributed by atoms with E-state index >= 15 is 0 Å². The first-order valence-electron chi connectivity index (χ1n) is 6.67. The second kappa shape index (κ2) is 6.62. The Bertz CT molecular complexity index is 673. The molecule has 114 valence electrons. The Morgan fingerprint density at radius 2 is 1.95 bits per heavy atom. The standard InChI is InChI=1S/C17H15ClO4/c1-12(19)22-17(16(20)21)10-9-14(15(18)11-17)8-7-13-5-3-2-4-6-13/h2-10H,11H2,1H3,(H,20,21). The van der Waals surface area contributed by atoms with Gasteiger partial charge in [0.25, 0.3) is 0 Å². The van der Waals surface area contributed by atoms with Crippen molar-refractivity contribution >= 4 is 29.6 Å². The highest BCUT2D eigenvalue weighted by atomic mass is 35.5. The third kappa shape index (κ3) is 3.65. The first-order chi connectivity index (χ1) is 10.4. The highest BCUT2D eigenvalue weighted by Crippen LogP contribution is 2.33. The van der Waals surface area contributed by atoms with Gasteiger partial charge in [0, 0.05) is 18.4 Å². The predicted molar refractivity (Wildman–Crippen MR) is 84.2 cm³/mol. The van der Waals surface area contributed by atoms with Crippen molar-refractivity contribution in [3.05, 3.63) is 64.7 Å². The van der Waals surface area contributed by atoms with Crippen LogP contribution in [0, 0.1) is 0 Å². The van der Waals surface area contributed by atoms with Gasteiger partial charge in [-0.3, -0.25) is 4.79 Å². The van der Waals surface area contributed by atoms with Crippen LogP contribution in [0.3, 0.4) is 0 Å². The molecule has 2 rings (SSSR count). The minimum Gasteiger partial charge on any atom is -0.478 e. The highest BCUT2D eigenvalue weighted by molar-refractivity contribution is 6.30. The summed E-state index contributed by atoms with van der Waals surface area (Å²) in [6, 6.07) is 9.64. The molecule has 22 heavy (non-hydrogen) atoms. The van der Waals surface area contributed by atoms with Crippen molar-refractivity contribution < 1.29 is 19.4 Å². The summed E-state index contributed by atoms with van der Waals surface area (Å²) in [4.78, 5) is 22.5. The van der Waals surface area contributed by atoms with E-state index < -0.39 is 17.5 Å². The van der Waals surface area contributed by atoms with E-state index in [4.69, 9.17) is 16.3 Å². The van der Waals surface area contributed by atoms with Gasteiger partial charge in [-0.05, 0) is 17.2 Å². The largest absolute Gasteiger partial charge is 0.478 e. The third-order valence-electron chi connectivity index (χ3n) is 3.21. The van der Waals surface area contributed by atoms with Crippen LogP contribution in [0.1, 0.15) is 18.9 Å². The number of carbonyl (C=O) groups excluding carboxylic acids is 1. The molecule has 0 saturated carbocycles. The number of allylic oxidation sites excluding steroid dienone is 3. The molecule has 0 aliphatic heterocycles. The molecule has 0 spiro atoms. The topological polar surface area (TPSA) is 63.6 Å². The van der Waals surface area contributed by atoms with Crippen molar-refractivity contribution in [1.29, 1.82) is 0 Å². The molecule has 5 heteroatoms. The number of carboxylic acids is 1. The molecule has 0 fully saturated rings. The number of hydrogen-bond acceptors (Lipinski definition) is 3. The van der Waals surface area contributed by atoms with Gasteiger partial charge in [0.2, 0.25) is 5.60 Å². The number of carbonyl (C=O) groups is 2. The number of carboxylic acid groups (broad SMARTS) is 1. The Labute approximate surface area is 133 Å². The van der Waals surface area contributed by atoms with Crippen molar-refractivity contribution in [3.63, 3.8) is 0 Å². The normalized spacial score (nSPS) is 21.2.